The molecule has 0 saturated carbocycles. The van der Waals surface area contributed by atoms with Crippen LogP contribution in [0.1, 0.15) is 18.9 Å². The van der Waals surface area contributed by atoms with Gasteiger partial charge in [-0.15, -0.1) is 21.5 Å². The second kappa shape index (κ2) is 7.44. The molecule has 27 heavy (non-hydrogen) atoms. The van der Waals surface area contributed by atoms with E-state index in [1.54, 1.807) is 22.3 Å². The maximum absolute atomic E-state index is 13.5. The molecule has 0 N–H and O–H groups in total. The summed E-state index contributed by atoms with van der Waals surface area (Å²) in [4.78, 5) is 15.8. The maximum atomic E-state index is 13.5. The Balaban J connectivity index is 1.51. The minimum Gasteiger partial charge on any atom is -0.309 e. The normalized spacial score (nSPS) is 16.4. The van der Waals surface area contributed by atoms with Gasteiger partial charge in [-0.1, -0.05) is 17.8 Å². The van der Waals surface area contributed by atoms with Crippen molar-refractivity contribution < 1.29 is 9.18 Å². The third-order valence-electron chi connectivity index (χ3n) is 4.74. The first kappa shape index (κ1) is 18.2. The van der Waals surface area contributed by atoms with Crippen molar-refractivity contribution in [2.24, 2.45) is 7.05 Å². The fraction of sp³-hybridized carbons (Fsp3) is 0.316. The summed E-state index contributed by atoms with van der Waals surface area (Å²) in [5, 5.41) is 11.2. The monoisotopic (exact) mass is 402 g/mol. The number of benzene rings is 1. The molecule has 0 unspecified atom stereocenters. The number of amides is 1. The van der Waals surface area contributed by atoms with Gasteiger partial charge in [0.15, 0.2) is 11.0 Å². The van der Waals surface area contributed by atoms with Crippen LogP contribution < -0.4 is 4.90 Å². The van der Waals surface area contributed by atoms with Crippen molar-refractivity contribution in [1.29, 1.82) is 0 Å². The quantitative estimate of drug-likeness (QED) is 0.616. The van der Waals surface area contributed by atoms with Crippen LogP contribution >= 0.6 is 23.1 Å². The number of nitrogens with zero attached hydrogens (tertiary/aromatic N) is 4. The van der Waals surface area contributed by atoms with Crippen LogP contribution in [0.3, 0.4) is 0 Å². The van der Waals surface area contributed by atoms with E-state index >= 15 is 0 Å². The fourth-order valence-electron chi connectivity index (χ4n) is 3.36. The third kappa shape index (κ3) is 3.51. The van der Waals surface area contributed by atoms with Gasteiger partial charge in [-0.2, -0.15) is 0 Å². The highest BCUT2D eigenvalue weighted by Gasteiger charge is 2.28. The summed E-state index contributed by atoms with van der Waals surface area (Å²) in [6.07, 6.45) is 1.62. The zero-order valence-corrected chi connectivity index (χ0v) is 16.7. The number of anilines is 1. The van der Waals surface area contributed by atoms with Gasteiger partial charge in [-0.3, -0.25) is 4.79 Å². The van der Waals surface area contributed by atoms with Gasteiger partial charge < -0.3 is 9.47 Å². The van der Waals surface area contributed by atoms with E-state index in [0.717, 1.165) is 34.8 Å². The molecule has 8 heteroatoms. The highest BCUT2D eigenvalue weighted by atomic mass is 32.2. The molecule has 1 aliphatic rings. The number of halogens is 1. The molecular weight excluding hydrogens is 383 g/mol. The van der Waals surface area contributed by atoms with Gasteiger partial charge in [0.2, 0.25) is 5.91 Å². The smallest absolute Gasteiger partial charge is 0.237 e. The van der Waals surface area contributed by atoms with Crippen molar-refractivity contribution in [2.45, 2.75) is 31.0 Å². The van der Waals surface area contributed by atoms with Crippen LogP contribution in [-0.4, -0.2) is 32.5 Å². The van der Waals surface area contributed by atoms with E-state index in [9.17, 15) is 9.18 Å². The molecule has 1 aliphatic heterocycles. The minimum absolute atomic E-state index is 0.000678. The molecule has 0 spiro atoms. The lowest BCUT2D eigenvalue weighted by molar-refractivity contribution is -0.116. The molecule has 0 saturated heterocycles. The summed E-state index contributed by atoms with van der Waals surface area (Å²) < 4.78 is 15.4. The van der Waals surface area contributed by atoms with E-state index < -0.39 is 0 Å². The highest BCUT2D eigenvalue weighted by Crippen LogP contribution is 2.32. The lowest BCUT2D eigenvalue weighted by atomic mass is 9.96. The molecule has 3 heterocycles. The second-order valence-corrected chi connectivity index (χ2v) is 8.45. The molecule has 1 aromatic carbocycles. The SMILES string of the molecule is C[C@H]1CCc2cc(F)ccc2N1C(=O)CSc1nnc(-c2cccs2)n1C. The number of fused-ring (bicyclic) bond motifs is 1. The number of aromatic nitrogens is 3. The summed E-state index contributed by atoms with van der Waals surface area (Å²) in [6.45, 7) is 2.03. The number of thiophene rings is 1. The number of hydrogen-bond acceptors (Lipinski definition) is 5. The Kier molecular flexibility index (Phi) is 5.01. The molecule has 0 bridgehead atoms. The molecule has 0 radical (unpaired) electrons. The highest BCUT2D eigenvalue weighted by molar-refractivity contribution is 7.99. The summed E-state index contributed by atoms with van der Waals surface area (Å²) >= 11 is 2.98. The molecule has 2 aromatic heterocycles. The van der Waals surface area contributed by atoms with Gasteiger partial charge in [-0.25, -0.2) is 4.39 Å². The first-order valence-electron chi connectivity index (χ1n) is 8.71. The van der Waals surface area contributed by atoms with Crippen LogP contribution in [0.15, 0.2) is 40.9 Å². The Labute approximate surface area is 165 Å². The molecule has 5 nitrogen and oxygen atoms in total. The lowest BCUT2D eigenvalue weighted by Gasteiger charge is -2.35. The van der Waals surface area contributed by atoms with Crippen LogP contribution in [0.4, 0.5) is 10.1 Å². The van der Waals surface area contributed by atoms with E-state index in [4.69, 9.17) is 0 Å². The van der Waals surface area contributed by atoms with Crippen LogP contribution in [-0.2, 0) is 18.3 Å². The lowest BCUT2D eigenvalue weighted by Crippen LogP contribution is -2.43. The van der Waals surface area contributed by atoms with E-state index in [1.807, 2.05) is 36.1 Å². The Morgan fingerprint density at radius 2 is 2.22 bits per heavy atom. The first-order chi connectivity index (χ1) is 13.0. The molecule has 0 fully saturated rings. The fourth-order valence-corrected chi connectivity index (χ4v) is 4.87. The molecule has 1 atom stereocenters. The topological polar surface area (TPSA) is 51.0 Å². The summed E-state index contributed by atoms with van der Waals surface area (Å²) in [7, 11) is 1.91. The summed E-state index contributed by atoms with van der Waals surface area (Å²) in [5.41, 5.74) is 1.71. The van der Waals surface area contributed by atoms with Gasteiger partial charge >= 0.3 is 0 Å². The Hall–Kier alpha value is -2.19. The molecule has 4 rings (SSSR count). The van der Waals surface area contributed by atoms with Crippen molar-refractivity contribution in [3.05, 3.63) is 47.1 Å². The molecule has 1 amide bonds. The minimum atomic E-state index is -0.259. The summed E-state index contributed by atoms with van der Waals surface area (Å²) in [5.74, 6) is 0.801. The zero-order chi connectivity index (χ0) is 19.0. The summed E-state index contributed by atoms with van der Waals surface area (Å²) in [6, 6.07) is 8.73. The van der Waals surface area contributed by atoms with E-state index in [-0.39, 0.29) is 23.5 Å². The Morgan fingerprint density at radius 1 is 1.37 bits per heavy atom. The van der Waals surface area contributed by atoms with Gasteiger partial charge in [0.25, 0.3) is 0 Å². The van der Waals surface area contributed by atoms with Gasteiger partial charge in [0.1, 0.15) is 5.82 Å². The van der Waals surface area contributed by atoms with E-state index in [0.29, 0.717) is 5.16 Å². The van der Waals surface area contributed by atoms with Crippen molar-refractivity contribution in [2.75, 3.05) is 10.7 Å². The van der Waals surface area contributed by atoms with Gasteiger partial charge in [-0.05, 0) is 55.0 Å². The number of hydrogen-bond donors (Lipinski definition) is 0. The maximum Gasteiger partial charge on any atom is 0.237 e. The molecular formula is C19H19FN4OS2. The number of rotatable bonds is 4. The van der Waals surface area contributed by atoms with Gasteiger partial charge in [0.05, 0.1) is 10.6 Å². The van der Waals surface area contributed by atoms with Crippen LogP contribution in [0, 0.1) is 5.82 Å². The van der Waals surface area contributed by atoms with Crippen LogP contribution in [0.2, 0.25) is 0 Å². The van der Waals surface area contributed by atoms with Gasteiger partial charge in [0, 0.05) is 18.8 Å². The number of thioether (sulfide) groups is 1. The standard InChI is InChI=1S/C19H19FN4OS2/c1-12-5-6-13-10-14(20)7-8-15(13)24(12)17(25)11-27-19-22-21-18(23(19)2)16-4-3-9-26-16/h3-4,7-10,12H,5-6,11H2,1-2H3/t12-/m0/s1. The average Bonchev–Trinajstić information content (AvgIpc) is 3.29. The van der Waals surface area contributed by atoms with Crippen molar-refractivity contribution in [1.82, 2.24) is 14.8 Å². The number of aryl methyl sites for hydroxylation is 1. The van der Waals surface area contributed by atoms with Crippen molar-refractivity contribution >= 4 is 34.7 Å². The Bertz CT molecular complexity index is 970. The van der Waals surface area contributed by atoms with Crippen LogP contribution in [0.5, 0.6) is 0 Å². The van der Waals surface area contributed by atoms with E-state index in [2.05, 4.69) is 10.2 Å². The van der Waals surface area contributed by atoms with Crippen molar-refractivity contribution in [3.8, 4) is 10.7 Å². The van der Waals surface area contributed by atoms with Crippen LogP contribution in [0.25, 0.3) is 10.7 Å². The number of carbonyl (C=O) groups is 1. The Morgan fingerprint density at radius 3 is 3.00 bits per heavy atom. The predicted octanol–water partition coefficient (Wildman–Crippen LogP) is 4.14. The average molecular weight is 403 g/mol. The largest absolute Gasteiger partial charge is 0.309 e. The van der Waals surface area contributed by atoms with E-state index in [1.165, 1.54) is 23.9 Å². The predicted molar refractivity (Wildman–Crippen MR) is 107 cm³/mol. The second-order valence-electron chi connectivity index (χ2n) is 6.56. The van der Waals surface area contributed by atoms with Crippen molar-refractivity contribution in [3.63, 3.8) is 0 Å². The third-order valence-corrected chi connectivity index (χ3v) is 6.61. The molecule has 0 aliphatic carbocycles. The number of carbonyl (C=O) groups excluding carboxylic acids is 1. The first-order valence-corrected chi connectivity index (χ1v) is 10.6. The zero-order valence-electron chi connectivity index (χ0n) is 15.1. The molecule has 3 aromatic rings. The molecule has 140 valence electrons.